The highest BCUT2D eigenvalue weighted by Gasteiger charge is 2.23. The summed E-state index contributed by atoms with van der Waals surface area (Å²) in [5.41, 5.74) is 0. The van der Waals surface area contributed by atoms with Gasteiger partial charge in [-0.15, -0.1) is 11.8 Å². The van der Waals surface area contributed by atoms with Gasteiger partial charge >= 0.3 is 0 Å². The van der Waals surface area contributed by atoms with Crippen molar-refractivity contribution in [3.05, 3.63) is 11.1 Å². The molecule has 1 aliphatic rings. The molecule has 1 amide bonds. The summed E-state index contributed by atoms with van der Waals surface area (Å²) in [6.07, 6.45) is 4.49. The Morgan fingerprint density at radius 3 is 2.62 bits per heavy atom. The quantitative estimate of drug-likeness (QED) is 0.694. The number of hydrogen-bond acceptors (Lipinski definition) is 3. The lowest BCUT2D eigenvalue weighted by atomic mass is 10.2. The number of hydrogen-bond donors (Lipinski definition) is 0. The van der Waals surface area contributed by atoms with Crippen LogP contribution in [0.4, 0.5) is 0 Å². The van der Waals surface area contributed by atoms with Gasteiger partial charge in [-0.3, -0.25) is 9.59 Å². The lowest BCUT2D eigenvalue weighted by Crippen LogP contribution is -2.26. The molecular weight excluding hydrogens is 222 g/mol. The van der Waals surface area contributed by atoms with Crippen molar-refractivity contribution < 1.29 is 9.59 Å². The highest BCUT2D eigenvalue weighted by atomic mass is 32.2. The van der Waals surface area contributed by atoms with Crippen LogP contribution in [0.2, 0.25) is 0 Å². The molecule has 90 valence electrons. The van der Waals surface area contributed by atoms with Crippen molar-refractivity contribution in [1.29, 1.82) is 0 Å². The lowest BCUT2D eigenvalue weighted by molar-refractivity contribution is -0.128. The highest BCUT2D eigenvalue weighted by Crippen LogP contribution is 2.28. The van der Waals surface area contributed by atoms with Crippen LogP contribution in [0, 0.1) is 0 Å². The fraction of sp³-hybridized carbons (Fsp3) is 0.667. The Morgan fingerprint density at radius 1 is 1.31 bits per heavy atom. The van der Waals surface area contributed by atoms with Crippen LogP contribution >= 0.6 is 11.8 Å². The first-order valence-electron chi connectivity index (χ1n) is 5.86. The molecule has 0 unspecified atom stereocenters. The fourth-order valence-electron chi connectivity index (χ4n) is 1.60. The van der Waals surface area contributed by atoms with Crippen LogP contribution < -0.4 is 0 Å². The van der Waals surface area contributed by atoms with Crippen molar-refractivity contribution in [3.8, 4) is 0 Å². The minimum Gasteiger partial charge on any atom is -0.306 e. The summed E-state index contributed by atoms with van der Waals surface area (Å²) < 4.78 is 0. The summed E-state index contributed by atoms with van der Waals surface area (Å²) in [6, 6.07) is 0. The molecule has 0 bridgehead atoms. The Hall–Kier alpha value is -0.770. The molecule has 1 aliphatic heterocycles. The molecule has 0 aliphatic carbocycles. The van der Waals surface area contributed by atoms with E-state index in [2.05, 4.69) is 0 Å². The van der Waals surface area contributed by atoms with E-state index in [1.165, 1.54) is 0 Å². The maximum absolute atomic E-state index is 11.8. The molecule has 0 radical (unpaired) electrons. The number of carbonyl (C=O) groups is 2. The van der Waals surface area contributed by atoms with Crippen molar-refractivity contribution in [1.82, 2.24) is 4.90 Å². The third-order valence-electron chi connectivity index (χ3n) is 2.38. The van der Waals surface area contributed by atoms with Crippen LogP contribution in [-0.4, -0.2) is 28.9 Å². The summed E-state index contributed by atoms with van der Waals surface area (Å²) in [6.45, 7) is 4.72. The maximum atomic E-state index is 11.8. The lowest BCUT2D eigenvalue weighted by Gasteiger charge is -2.16. The van der Waals surface area contributed by atoms with Gasteiger partial charge in [-0.2, -0.15) is 0 Å². The summed E-state index contributed by atoms with van der Waals surface area (Å²) >= 11 is 1.60. The Balaban J connectivity index is 2.64. The number of ketones is 1. The average Bonchev–Trinajstić information content (AvgIpc) is 2.66. The van der Waals surface area contributed by atoms with Crippen LogP contribution in [-0.2, 0) is 9.59 Å². The van der Waals surface area contributed by atoms with Crippen molar-refractivity contribution in [2.45, 2.75) is 39.5 Å². The first-order valence-corrected chi connectivity index (χ1v) is 6.85. The van der Waals surface area contributed by atoms with Crippen LogP contribution in [0.1, 0.15) is 39.5 Å². The molecule has 3 nitrogen and oxygen atoms in total. The normalized spacial score (nSPS) is 18.1. The highest BCUT2D eigenvalue weighted by molar-refractivity contribution is 8.03. The van der Waals surface area contributed by atoms with Crippen LogP contribution in [0.3, 0.4) is 0 Å². The van der Waals surface area contributed by atoms with E-state index in [1.54, 1.807) is 22.7 Å². The topological polar surface area (TPSA) is 37.4 Å². The zero-order valence-electron chi connectivity index (χ0n) is 9.99. The van der Waals surface area contributed by atoms with Crippen molar-refractivity contribution in [2.75, 3.05) is 12.3 Å². The molecule has 0 N–H and O–H groups in total. The minimum atomic E-state index is 0.126. The molecule has 0 aromatic heterocycles. The summed E-state index contributed by atoms with van der Waals surface area (Å²) in [7, 11) is 0. The molecule has 0 saturated carbocycles. The first-order chi connectivity index (χ1) is 7.69. The van der Waals surface area contributed by atoms with E-state index in [-0.39, 0.29) is 11.7 Å². The third kappa shape index (κ3) is 3.67. The number of nitrogens with zero attached hydrogens (tertiary/aromatic N) is 1. The second kappa shape index (κ2) is 6.74. The van der Waals surface area contributed by atoms with Gasteiger partial charge in [-0.1, -0.05) is 13.8 Å². The molecule has 0 aromatic rings. The van der Waals surface area contributed by atoms with Gasteiger partial charge in [-0.05, 0) is 12.8 Å². The second-order valence-electron chi connectivity index (χ2n) is 3.84. The van der Waals surface area contributed by atoms with Gasteiger partial charge in [-0.25, -0.2) is 0 Å². The van der Waals surface area contributed by atoms with E-state index in [1.807, 2.05) is 13.8 Å². The second-order valence-corrected chi connectivity index (χ2v) is 4.96. The minimum absolute atomic E-state index is 0.126. The summed E-state index contributed by atoms with van der Waals surface area (Å²) in [5.74, 6) is 1.17. The summed E-state index contributed by atoms with van der Waals surface area (Å²) in [5, 5.41) is 0.844. The Morgan fingerprint density at radius 2 is 2.00 bits per heavy atom. The van der Waals surface area contributed by atoms with Gasteiger partial charge in [0.15, 0.2) is 5.78 Å². The number of amides is 1. The summed E-state index contributed by atoms with van der Waals surface area (Å²) in [4.78, 5) is 25.0. The number of carbonyl (C=O) groups excluding carboxylic acids is 2. The smallest absolute Gasteiger partial charge is 0.227 e. The van der Waals surface area contributed by atoms with Gasteiger partial charge in [0.05, 0.1) is 5.03 Å². The molecule has 0 spiro atoms. The van der Waals surface area contributed by atoms with E-state index >= 15 is 0 Å². The Labute approximate surface area is 101 Å². The molecule has 4 heteroatoms. The molecule has 1 heterocycles. The van der Waals surface area contributed by atoms with Crippen LogP contribution in [0.15, 0.2) is 11.1 Å². The van der Waals surface area contributed by atoms with Gasteiger partial charge in [0.25, 0.3) is 0 Å². The molecule has 16 heavy (non-hydrogen) atoms. The number of rotatable bonds is 5. The largest absolute Gasteiger partial charge is 0.306 e. The molecular formula is C12H19NO2S. The molecule has 0 aromatic carbocycles. The predicted molar refractivity (Wildman–Crippen MR) is 67.1 cm³/mol. The molecule has 1 saturated heterocycles. The van der Waals surface area contributed by atoms with Gasteiger partial charge in [0, 0.05) is 31.2 Å². The monoisotopic (exact) mass is 241 g/mol. The predicted octanol–water partition coefficient (Wildman–Crippen LogP) is 2.57. The van der Waals surface area contributed by atoms with Crippen molar-refractivity contribution in [3.63, 3.8) is 0 Å². The fourth-order valence-corrected chi connectivity index (χ4v) is 2.65. The van der Waals surface area contributed by atoms with E-state index in [9.17, 15) is 9.59 Å². The Kier molecular flexibility index (Phi) is 5.60. The van der Waals surface area contributed by atoms with Crippen LogP contribution in [0.25, 0.3) is 0 Å². The zero-order valence-corrected chi connectivity index (χ0v) is 10.8. The third-order valence-corrected chi connectivity index (χ3v) is 3.40. The van der Waals surface area contributed by atoms with E-state index in [4.69, 9.17) is 0 Å². The van der Waals surface area contributed by atoms with Gasteiger partial charge < -0.3 is 4.90 Å². The van der Waals surface area contributed by atoms with E-state index < -0.39 is 0 Å². The standard InChI is InChI=1S/C12H19NO2S/c1-3-5-10(14)9-12-13(7-8-16-12)11(15)6-4-2/h9H,3-8H2,1-2H3/b12-9-. The first kappa shape index (κ1) is 13.3. The van der Waals surface area contributed by atoms with Crippen molar-refractivity contribution >= 4 is 23.5 Å². The van der Waals surface area contributed by atoms with E-state index in [0.717, 1.165) is 30.2 Å². The van der Waals surface area contributed by atoms with Gasteiger partial charge in [0.1, 0.15) is 0 Å². The number of thioether (sulfide) groups is 1. The van der Waals surface area contributed by atoms with Crippen LogP contribution in [0.5, 0.6) is 0 Å². The molecule has 1 rings (SSSR count). The van der Waals surface area contributed by atoms with Crippen molar-refractivity contribution in [2.24, 2.45) is 0 Å². The maximum Gasteiger partial charge on any atom is 0.227 e. The van der Waals surface area contributed by atoms with Gasteiger partial charge in [0.2, 0.25) is 5.91 Å². The Bertz CT molecular complexity index is 299. The zero-order chi connectivity index (χ0) is 12.0. The average molecular weight is 241 g/mol. The molecule has 1 fully saturated rings. The molecule has 0 atom stereocenters. The number of allylic oxidation sites excluding steroid dienone is 1. The SMILES string of the molecule is CCCC(=O)/C=C1\SCCN1C(=O)CCC. The van der Waals surface area contributed by atoms with E-state index in [0.29, 0.717) is 12.8 Å².